The van der Waals surface area contributed by atoms with E-state index in [1.807, 2.05) is 6.92 Å². The number of ether oxygens (including phenoxy) is 1. The van der Waals surface area contributed by atoms with Crippen LogP contribution in [0.15, 0.2) is 18.2 Å². The first-order valence-electron chi connectivity index (χ1n) is 6.29. The Labute approximate surface area is 106 Å². The average Bonchev–Trinajstić information content (AvgIpc) is 3.15. The molecule has 0 radical (unpaired) electrons. The van der Waals surface area contributed by atoms with Crippen molar-refractivity contribution >= 4 is 11.4 Å². The molecule has 1 aliphatic carbocycles. The van der Waals surface area contributed by atoms with Gasteiger partial charge in [0.25, 0.3) is 5.69 Å². The Balaban J connectivity index is 2.05. The maximum Gasteiger partial charge on any atom is 0.269 e. The highest BCUT2D eigenvalue weighted by Gasteiger charge is 2.21. The standard InChI is InChI=1S/C13H18N2O3/c1-2-14-13-6-5-12(15(16)17)7-11(13)9-18-8-10-3-4-10/h5-7,10,14H,2-4,8-9H2,1H3. The van der Waals surface area contributed by atoms with Crippen LogP contribution >= 0.6 is 0 Å². The number of anilines is 1. The zero-order valence-electron chi connectivity index (χ0n) is 10.5. The molecular formula is C13H18N2O3. The molecule has 0 spiro atoms. The van der Waals surface area contributed by atoms with E-state index in [1.54, 1.807) is 12.1 Å². The molecule has 0 unspecified atom stereocenters. The van der Waals surface area contributed by atoms with Crippen LogP contribution in [0.5, 0.6) is 0 Å². The maximum atomic E-state index is 10.8. The third-order valence-electron chi connectivity index (χ3n) is 2.97. The fourth-order valence-corrected chi connectivity index (χ4v) is 1.80. The van der Waals surface area contributed by atoms with Gasteiger partial charge in [-0.15, -0.1) is 0 Å². The van der Waals surface area contributed by atoms with Crippen molar-refractivity contribution in [1.82, 2.24) is 0 Å². The number of nitrogens with one attached hydrogen (secondary N) is 1. The van der Waals surface area contributed by atoms with Crippen molar-refractivity contribution in [2.45, 2.75) is 26.4 Å². The molecule has 0 aliphatic heterocycles. The van der Waals surface area contributed by atoms with E-state index in [2.05, 4.69) is 5.32 Å². The van der Waals surface area contributed by atoms with Gasteiger partial charge in [0, 0.05) is 36.5 Å². The molecular weight excluding hydrogens is 232 g/mol. The molecule has 1 N–H and O–H groups in total. The lowest BCUT2D eigenvalue weighted by Gasteiger charge is -2.11. The molecule has 98 valence electrons. The first-order valence-corrected chi connectivity index (χ1v) is 6.29. The minimum atomic E-state index is -0.375. The normalized spacial score (nSPS) is 14.5. The van der Waals surface area contributed by atoms with Gasteiger partial charge in [0.2, 0.25) is 0 Å². The summed E-state index contributed by atoms with van der Waals surface area (Å²) < 4.78 is 5.60. The second kappa shape index (κ2) is 5.82. The Morgan fingerprint density at radius 1 is 1.50 bits per heavy atom. The van der Waals surface area contributed by atoms with Crippen LogP contribution in [0.4, 0.5) is 11.4 Å². The van der Waals surface area contributed by atoms with Crippen LogP contribution in [0.25, 0.3) is 0 Å². The lowest BCUT2D eigenvalue weighted by atomic mass is 10.1. The quantitative estimate of drug-likeness (QED) is 0.597. The number of hydrogen-bond donors (Lipinski definition) is 1. The molecule has 1 saturated carbocycles. The van der Waals surface area contributed by atoms with Crippen molar-refractivity contribution in [3.8, 4) is 0 Å². The van der Waals surface area contributed by atoms with Crippen LogP contribution in [0.3, 0.4) is 0 Å². The van der Waals surface area contributed by atoms with Crippen LogP contribution in [0.2, 0.25) is 0 Å². The van der Waals surface area contributed by atoms with Crippen LogP contribution in [-0.2, 0) is 11.3 Å². The predicted molar refractivity (Wildman–Crippen MR) is 69.6 cm³/mol. The van der Waals surface area contributed by atoms with Gasteiger partial charge in [-0.1, -0.05) is 0 Å². The van der Waals surface area contributed by atoms with E-state index < -0.39 is 0 Å². The fourth-order valence-electron chi connectivity index (χ4n) is 1.80. The monoisotopic (exact) mass is 250 g/mol. The summed E-state index contributed by atoms with van der Waals surface area (Å²) in [7, 11) is 0. The summed E-state index contributed by atoms with van der Waals surface area (Å²) in [6.45, 7) is 3.97. The van der Waals surface area contributed by atoms with Gasteiger partial charge in [-0.2, -0.15) is 0 Å². The number of non-ortho nitro benzene ring substituents is 1. The Morgan fingerprint density at radius 3 is 2.89 bits per heavy atom. The highest BCUT2D eigenvalue weighted by Crippen LogP contribution is 2.30. The molecule has 18 heavy (non-hydrogen) atoms. The van der Waals surface area contributed by atoms with Crippen molar-refractivity contribution in [3.05, 3.63) is 33.9 Å². The predicted octanol–water partition coefficient (Wildman–Crippen LogP) is 2.95. The zero-order chi connectivity index (χ0) is 13.0. The van der Waals surface area contributed by atoms with Gasteiger partial charge in [-0.3, -0.25) is 10.1 Å². The molecule has 1 aromatic rings. The van der Waals surface area contributed by atoms with E-state index in [9.17, 15) is 10.1 Å². The van der Waals surface area contributed by atoms with Crippen molar-refractivity contribution in [2.24, 2.45) is 5.92 Å². The van der Waals surface area contributed by atoms with Gasteiger partial charge in [0.1, 0.15) is 0 Å². The van der Waals surface area contributed by atoms with Crippen LogP contribution in [-0.4, -0.2) is 18.1 Å². The Hall–Kier alpha value is -1.62. The molecule has 0 bridgehead atoms. The lowest BCUT2D eigenvalue weighted by Crippen LogP contribution is -2.04. The number of benzene rings is 1. The summed E-state index contributed by atoms with van der Waals surface area (Å²) >= 11 is 0. The molecule has 1 fully saturated rings. The SMILES string of the molecule is CCNc1ccc([N+](=O)[O-])cc1COCC1CC1. The molecule has 0 saturated heterocycles. The summed E-state index contributed by atoms with van der Waals surface area (Å²) in [6, 6.07) is 4.85. The van der Waals surface area contributed by atoms with Gasteiger partial charge in [0.15, 0.2) is 0 Å². The fraction of sp³-hybridized carbons (Fsp3) is 0.538. The van der Waals surface area contributed by atoms with Gasteiger partial charge in [-0.05, 0) is 31.7 Å². The molecule has 0 atom stereocenters. The average molecular weight is 250 g/mol. The van der Waals surface area contributed by atoms with E-state index in [0.29, 0.717) is 12.5 Å². The molecule has 0 aromatic heterocycles. The van der Waals surface area contributed by atoms with Crippen LogP contribution in [0, 0.1) is 16.0 Å². The molecule has 2 rings (SSSR count). The van der Waals surface area contributed by atoms with Crippen molar-refractivity contribution in [2.75, 3.05) is 18.5 Å². The molecule has 0 amide bonds. The summed E-state index contributed by atoms with van der Waals surface area (Å²) in [5.41, 5.74) is 1.88. The highest BCUT2D eigenvalue weighted by molar-refractivity contribution is 5.55. The maximum absolute atomic E-state index is 10.8. The second-order valence-corrected chi connectivity index (χ2v) is 4.59. The number of rotatable bonds is 7. The van der Waals surface area contributed by atoms with Crippen LogP contribution < -0.4 is 5.32 Å². The number of nitrogens with zero attached hydrogens (tertiary/aromatic N) is 1. The van der Waals surface area contributed by atoms with Crippen molar-refractivity contribution in [1.29, 1.82) is 0 Å². The third-order valence-corrected chi connectivity index (χ3v) is 2.97. The van der Waals surface area contributed by atoms with Crippen molar-refractivity contribution < 1.29 is 9.66 Å². The minimum Gasteiger partial charge on any atom is -0.385 e. The molecule has 5 nitrogen and oxygen atoms in total. The number of nitro benzene ring substituents is 1. The smallest absolute Gasteiger partial charge is 0.269 e. The summed E-state index contributed by atoms with van der Waals surface area (Å²) in [5.74, 6) is 0.700. The van der Waals surface area contributed by atoms with Gasteiger partial charge >= 0.3 is 0 Å². The van der Waals surface area contributed by atoms with Gasteiger partial charge in [0.05, 0.1) is 11.5 Å². The highest BCUT2D eigenvalue weighted by atomic mass is 16.6. The first kappa shape index (κ1) is 12.8. The van der Waals surface area contributed by atoms with Gasteiger partial charge in [-0.25, -0.2) is 0 Å². The second-order valence-electron chi connectivity index (χ2n) is 4.59. The van der Waals surface area contributed by atoms with E-state index in [-0.39, 0.29) is 10.6 Å². The lowest BCUT2D eigenvalue weighted by molar-refractivity contribution is -0.384. The van der Waals surface area contributed by atoms with E-state index in [1.165, 1.54) is 18.9 Å². The molecule has 1 aromatic carbocycles. The number of hydrogen-bond acceptors (Lipinski definition) is 4. The van der Waals surface area contributed by atoms with E-state index in [4.69, 9.17) is 4.74 Å². The van der Waals surface area contributed by atoms with Crippen molar-refractivity contribution in [3.63, 3.8) is 0 Å². The summed E-state index contributed by atoms with van der Waals surface area (Å²) in [6.07, 6.45) is 2.49. The molecule has 5 heteroatoms. The molecule has 1 aliphatic rings. The van der Waals surface area contributed by atoms with E-state index >= 15 is 0 Å². The topological polar surface area (TPSA) is 64.4 Å². The van der Waals surface area contributed by atoms with Crippen LogP contribution in [0.1, 0.15) is 25.3 Å². The summed E-state index contributed by atoms with van der Waals surface area (Å²) in [5, 5.41) is 14.0. The Kier molecular flexibility index (Phi) is 4.15. The number of nitro groups is 1. The largest absolute Gasteiger partial charge is 0.385 e. The van der Waals surface area contributed by atoms with E-state index in [0.717, 1.165) is 24.4 Å². The third kappa shape index (κ3) is 3.43. The Morgan fingerprint density at radius 2 is 2.28 bits per heavy atom. The zero-order valence-corrected chi connectivity index (χ0v) is 10.5. The minimum absolute atomic E-state index is 0.113. The molecule has 0 heterocycles. The van der Waals surface area contributed by atoms with Gasteiger partial charge < -0.3 is 10.1 Å². The first-order chi connectivity index (χ1) is 8.70. The Bertz CT molecular complexity index is 430. The summed E-state index contributed by atoms with van der Waals surface area (Å²) in [4.78, 5) is 10.4.